The number of carbonyl (C=O) groups is 1. The fourth-order valence-corrected chi connectivity index (χ4v) is 1.18. The first kappa shape index (κ1) is 10.1. The number of methoxy groups -OCH3 is 1. The van der Waals surface area contributed by atoms with E-state index >= 15 is 0 Å². The highest BCUT2D eigenvalue weighted by Gasteiger charge is 2.14. The second-order valence-electron chi connectivity index (χ2n) is 2.74. The number of carbonyl (C=O) groups excluding carboxylic acids is 1. The first-order valence-electron chi connectivity index (χ1n) is 3.91. The molecule has 0 bridgehead atoms. The fraction of sp³-hybridized carbons (Fsp3) is 0.200. The summed E-state index contributed by atoms with van der Waals surface area (Å²) >= 11 is 0. The van der Waals surface area contributed by atoms with Crippen molar-refractivity contribution >= 4 is 6.29 Å². The summed E-state index contributed by atoms with van der Waals surface area (Å²) in [6, 6.07) is 3.32. The standard InChI is InChI=1S/C10H9NO3/c1-6-7(4-11)3-9(14-2)10(13)8(6)5-12/h3,5,13H,1-2H3. The smallest absolute Gasteiger partial charge is 0.168 e. The van der Waals surface area contributed by atoms with E-state index in [9.17, 15) is 9.90 Å². The van der Waals surface area contributed by atoms with Crippen LogP contribution >= 0.6 is 0 Å². The van der Waals surface area contributed by atoms with E-state index in [4.69, 9.17) is 10.00 Å². The van der Waals surface area contributed by atoms with Crippen LogP contribution in [-0.4, -0.2) is 18.5 Å². The Morgan fingerprint density at radius 1 is 1.64 bits per heavy atom. The van der Waals surface area contributed by atoms with Gasteiger partial charge in [-0.1, -0.05) is 0 Å². The van der Waals surface area contributed by atoms with Crippen molar-refractivity contribution in [1.82, 2.24) is 0 Å². The number of hydrogen-bond donors (Lipinski definition) is 1. The van der Waals surface area contributed by atoms with Crippen LogP contribution in [0.25, 0.3) is 0 Å². The molecule has 72 valence electrons. The van der Waals surface area contributed by atoms with E-state index in [1.165, 1.54) is 13.2 Å². The lowest BCUT2D eigenvalue weighted by molar-refractivity contribution is 0.111. The van der Waals surface area contributed by atoms with Crippen molar-refractivity contribution in [3.8, 4) is 17.6 Å². The summed E-state index contributed by atoms with van der Waals surface area (Å²) in [5.74, 6) is -0.0896. The summed E-state index contributed by atoms with van der Waals surface area (Å²) < 4.78 is 4.82. The summed E-state index contributed by atoms with van der Waals surface area (Å²) in [5.41, 5.74) is 0.878. The van der Waals surface area contributed by atoms with Gasteiger partial charge in [0.15, 0.2) is 17.8 Å². The topological polar surface area (TPSA) is 70.3 Å². The largest absolute Gasteiger partial charge is 0.504 e. The molecule has 1 aromatic carbocycles. The Labute approximate surface area is 81.4 Å². The van der Waals surface area contributed by atoms with Gasteiger partial charge in [0.1, 0.15) is 0 Å². The van der Waals surface area contributed by atoms with Crippen molar-refractivity contribution in [2.45, 2.75) is 6.92 Å². The number of ether oxygens (including phenoxy) is 1. The first-order chi connectivity index (χ1) is 6.65. The Morgan fingerprint density at radius 2 is 2.29 bits per heavy atom. The van der Waals surface area contributed by atoms with Crippen LogP contribution < -0.4 is 4.74 Å². The zero-order chi connectivity index (χ0) is 10.7. The summed E-state index contributed by atoms with van der Waals surface area (Å²) in [6.45, 7) is 1.60. The lowest BCUT2D eigenvalue weighted by Crippen LogP contribution is -1.95. The highest BCUT2D eigenvalue weighted by Crippen LogP contribution is 2.33. The molecule has 0 fully saturated rings. The van der Waals surface area contributed by atoms with Gasteiger partial charge in [-0.25, -0.2) is 0 Å². The maximum Gasteiger partial charge on any atom is 0.168 e. The maximum absolute atomic E-state index is 10.7. The van der Waals surface area contributed by atoms with E-state index in [0.717, 1.165) is 0 Å². The van der Waals surface area contributed by atoms with Gasteiger partial charge in [-0.05, 0) is 12.5 Å². The van der Waals surface area contributed by atoms with E-state index in [2.05, 4.69) is 0 Å². The van der Waals surface area contributed by atoms with Crippen LogP contribution in [0.4, 0.5) is 0 Å². The van der Waals surface area contributed by atoms with E-state index < -0.39 is 0 Å². The molecule has 4 nitrogen and oxygen atoms in total. The predicted octanol–water partition coefficient (Wildman–Crippen LogP) is 1.39. The highest BCUT2D eigenvalue weighted by molar-refractivity contribution is 5.84. The molecule has 1 rings (SSSR count). The van der Waals surface area contributed by atoms with Gasteiger partial charge in [0, 0.05) is 6.07 Å². The molecule has 0 aliphatic carbocycles. The van der Waals surface area contributed by atoms with Crippen molar-refractivity contribution in [3.63, 3.8) is 0 Å². The Kier molecular flexibility index (Phi) is 2.73. The number of aldehydes is 1. The number of rotatable bonds is 2. The molecule has 0 heterocycles. The second kappa shape index (κ2) is 3.79. The molecule has 0 aromatic heterocycles. The van der Waals surface area contributed by atoms with Gasteiger partial charge in [-0.3, -0.25) is 4.79 Å². The summed E-state index contributed by atoms with van der Waals surface area (Å²) in [5, 5.41) is 18.3. The number of phenols is 1. The maximum atomic E-state index is 10.7. The quantitative estimate of drug-likeness (QED) is 0.717. The van der Waals surface area contributed by atoms with Gasteiger partial charge in [0.25, 0.3) is 0 Å². The number of nitriles is 1. The lowest BCUT2D eigenvalue weighted by atomic mass is 10.0. The van der Waals surface area contributed by atoms with Crippen molar-refractivity contribution in [2.24, 2.45) is 0 Å². The molecular formula is C10H9NO3. The number of phenolic OH excluding ortho intramolecular Hbond substituents is 1. The van der Waals surface area contributed by atoms with Crippen LogP contribution in [0.1, 0.15) is 21.5 Å². The normalized spacial score (nSPS) is 9.21. The fourth-order valence-electron chi connectivity index (χ4n) is 1.18. The number of aromatic hydroxyl groups is 1. The molecule has 0 spiro atoms. The highest BCUT2D eigenvalue weighted by atomic mass is 16.5. The Bertz CT molecular complexity index is 418. The molecule has 0 amide bonds. The van der Waals surface area contributed by atoms with Gasteiger partial charge in [-0.2, -0.15) is 5.26 Å². The molecule has 0 unspecified atom stereocenters. The van der Waals surface area contributed by atoms with Crippen LogP contribution in [0.15, 0.2) is 6.07 Å². The minimum absolute atomic E-state index is 0.0981. The molecule has 0 saturated heterocycles. The Balaban J connectivity index is 3.57. The van der Waals surface area contributed by atoms with E-state index in [1.54, 1.807) is 6.92 Å². The van der Waals surface area contributed by atoms with Crippen LogP contribution in [0.5, 0.6) is 11.5 Å². The molecule has 1 N–H and O–H groups in total. The van der Waals surface area contributed by atoms with Crippen molar-refractivity contribution < 1.29 is 14.6 Å². The van der Waals surface area contributed by atoms with Gasteiger partial charge in [0.2, 0.25) is 0 Å². The third kappa shape index (κ3) is 1.40. The van der Waals surface area contributed by atoms with Crippen molar-refractivity contribution in [2.75, 3.05) is 7.11 Å². The van der Waals surface area contributed by atoms with Crippen molar-refractivity contribution in [1.29, 1.82) is 5.26 Å². The van der Waals surface area contributed by atoms with Crippen LogP contribution in [0.2, 0.25) is 0 Å². The van der Waals surface area contributed by atoms with Gasteiger partial charge in [-0.15, -0.1) is 0 Å². The summed E-state index contributed by atoms with van der Waals surface area (Å²) in [7, 11) is 1.36. The third-order valence-electron chi connectivity index (χ3n) is 2.03. The van der Waals surface area contributed by atoms with Crippen LogP contribution in [0, 0.1) is 18.3 Å². The monoisotopic (exact) mass is 191 g/mol. The third-order valence-corrected chi connectivity index (χ3v) is 2.03. The molecule has 0 aliphatic rings. The van der Waals surface area contributed by atoms with E-state index in [-0.39, 0.29) is 17.1 Å². The predicted molar refractivity (Wildman–Crippen MR) is 49.5 cm³/mol. The van der Waals surface area contributed by atoms with Gasteiger partial charge >= 0.3 is 0 Å². The molecule has 0 aliphatic heterocycles. The molecule has 1 aromatic rings. The molecule has 4 heteroatoms. The lowest BCUT2D eigenvalue weighted by Gasteiger charge is -2.08. The number of nitrogens with zero attached hydrogens (tertiary/aromatic N) is 1. The summed E-state index contributed by atoms with van der Waals surface area (Å²) in [4.78, 5) is 10.7. The van der Waals surface area contributed by atoms with E-state index in [1.807, 2.05) is 6.07 Å². The minimum atomic E-state index is -0.223. The number of hydrogen-bond acceptors (Lipinski definition) is 4. The molecular weight excluding hydrogens is 182 g/mol. The van der Waals surface area contributed by atoms with Crippen LogP contribution in [0.3, 0.4) is 0 Å². The zero-order valence-corrected chi connectivity index (χ0v) is 7.87. The SMILES string of the molecule is COc1cc(C#N)c(C)c(C=O)c1O. The van der Waals surface area contributed by atoms with Gasteiger partial charge < -0.3 is 9.84 Å². The number of benzene rings is 1. The zero-order valence-electron chi connectivity index (χ0n) is 7.87. The van der Waals surface area contributed by atoms with E-state index in [0.29, 0.717) is 17.4 Å². The average Bonchev–Trinajstić information content (AvgIpc) is 2.19. The molecule has 0 atom stereocenters. The Morgan fingerprint density at radius 3 is 2.71 bits per heavy atom. The summed E-state index contributed by atoms with van der Waals surface area (Å²) in [6.07, 6.45) is 0.508. The first-order valence-corrected chi connectivity index (χ1v) is 3.91. The Hall–Kier alpha value is -2.02. The van der Waals surface area contributed by atoms with Crippen LogP contribution in [-0.2, 0) is 0 Å². The van der Waals surface area contributed by atoms with Crippen molar-refractivity contribution in [3.05, 3.63) is 22.8 Å². The second-order valence-corrected chi connectivity index (χ2v) is 2.74. The average molecular weight is 191 g/mol. The molecule has 0 radical (unpaired) electrons. The minimum Gasteiger partial charge on any atom is -0.504 e. The molecule has 14 heavy (non-hydrogen) atoms. The van der Waals surface area contributed by atoms with Gasteiger partial charge in [0.05, 0.1) is 24.3 Å². The molecule has 0 saturated carbocycles.